The second-order valence-electron chi connectivity index (χ2n) is 3.98. The molecule has 88 valence electrons. The third-order valence-electron chi connectivity index (χ3n) is 2.46. The largest absolute Gasteiger partial charge is 0.507 e. The summed E-state index contributed by atoms with van der Waals surface area (Å²) in [5.74, 6) is -0.151. The summed E-state index contributed by atoms with van der Waals surface area (Å²) in [5.41, 5.74) is 1.29. The number of rotatable bonds is 5. The van der Waals surface area contributed by atoms with Crippen LogP contribution in [0.15, 0.2) is 18.2 Å². The van der Waals surface area contributed by atoms with E-state index in [2.05, 4.69) is 12.2 Å². The molecule has 3 nitrogen and oxygen atoms in total. The maximum Gasteiger partial charge on any atom is 0.255 e. The van der Waals surface area contributed by atoms with Crippen molar-refractivity contribution < 1.29 is 9.90 Å². The fourth-order valence-electron chi connectivity index (χ4n) is 1.51. The van der Waals surface area contributed by atoms with E-state index in [9.17, 15) is 9.90 Å². The number of nitrogens with one attached hydrogen (secondary N) is 1. The maximum absolute atomic E-state index is 11.7. The fourth-order valence-corrected chi connectivity index (χ4v) is 1.51. The molecular formula is C13H19NO2. The number of benzene rings is 1. The van der Waals surface area contributed by atoms with Gasteiger partial charge in [0.1, 0.15) is 5.75 Å². The maximum atomic E-state index is 11.7. The molecule has 0 unspecified atom stereocenters. The Bertz CT molecular complexity index is 361. The van der Waals surface area contributed by atoms with Gasteiger partial charge in [-0.15, -0.1) is 0 Å². The van der Waals surface area contributed by atoms with E-state index in [4.69, 9.17) is 0 Å². The molecule has 0 heterocycles. The van der Waals surface area contributed by atoms with Crippen LogP contribution in [0.5, 0.6) is 5.75 Å². The molecule has 16 heavy (non-hydrogen) atoms. The van der Waals surface area contributed by atoms with Gasteiger partial charge in [-0.2, -0.15) is 0 Å². The number of phenolic OH excluding ortho intramolecular Hbond substituents is 1. The lowest BCUT2D eigenvalue weighted by atomic mass is 10.1. The molecule has 0 saturated carbocycles. The minimum atomic E-state index is -0.200. The Balaban J connectivity index is 2.53. The molecule has 0 spiro atoms. The van der Waals surface area contributed by atoms with Crippen LogP contribution in [-0.4, -0.2) is 17.6 Å². The summed E-state index contributed by atoms with van der Waals surface area (Å²) in [6, 6.07) is 5.07. The summed E-state index contributed by atoms with van der Waals surface area (Å²) in [6.07, 6.45) is 3.22. The Morgan fingerprint density at radius 3 is 2.75 bits per heavy atom. The molecule has 3 heteroatoms. The Morgan fingerprint density at radius 2 is 2.12 bits per heavy atom. The zero-order chi connectivity index (χ0) is 12.0. The van der Waals surface area contributed by atoms with Gasteiger partial charge in [-0.3, -0.25) is 4.79 Å². The van der Waals surface area contributed by atoms with Crippen molar-refractivity contribution in [3.63, 3.8) is 0 Å². The quantitative estimate of drug-likeness (QED) is 0.751. The minimum Gasteiger partial charge on any atom is -0.507 e. The van der Waals surface area contributed by atoms with Crippen LogP contribution in [0.25, 0.3) is 0 Å². The van der Waals surface area contributed by atoms with E-state index in [1.54, 1.807) is 12.1 Å². The number of hydrogen-bond acceptors (Lipinski definition) is 2. The van der Waals surface area contributed by atoms with Crippen LogP contribution in [-0.2, 0) is 0 Å². The van der Waals surface area contributed by atoms with Crippen LogP contribution < -0.4 is 5.32 Å². The van der Waals surface area contributed by atoms with Crippen LogP contribution in [0.2, 0.25) is 0 Å². The summed E-state index contributed by atoms with van der Waals surface area (Å²) < 4.78 is 0. The first-order valence-corrected chi connectivity index (χ1v) is 5.73. The summed E-state index contributed by atoms with van der Waals surface area (Å²) >= 11 is 0. The van der Waals surface area contributed by atoms with Crippen molar-refractivity contribution in [3.05, 3.63) is 29.3 Å². The average molecular weight is 221 g/mol. The van der Waals surface area contributed by atoms with Crippen LogP contribution in [0, 0.1) is 6.92 Å². The lowest BCUT2D eigenvalue weighted by molar-refractivity contribution is 0.0950. The van der Waals surface area contributed by atoms with Gasteiger partial charge in [-0.05, 0) is 31.0 Å². The van der Waals surface area contributed by atoms with Gasteiger partial charge in [0.2, 0.25) is 0 Å². The number of carbonyl (C=O) groups is 1. The zero-order valence-electron chi connectivity index (χ0n) is 9.92. The molecule has 0 aliphatic carbocycles. The lowest BCUT2D eigenvalue weighted by Gasteiger charge is -2.06. The van der Waals surface area contributed by atoms with E-state index in [1.807, 2.05) is 13.0 Å². The molecular weight excluding hydrogens is 202 g/mol. The van der Waals surface area contributed by atoms with Gasteiger partial charge in [0.25, 0.3) is 5.91 Å². The highest BCUT2D eigenvalue weighted by atomic mass is 16.3. The molecule has 0 bridgehead atoms. The van der Waals surface area contributed by atoms with E-state index in [0.29, 0.717) is 12.1 Å². The number of unbranched alkanes of at least 4 members (excludes halogenated alkanes) is 2. The number of phenols is 1. The van der Waals surface area contributed by atoms with Gasteiger partial charge >= 0.3 is 0 Å². The fraction of sp³-hybridized carbons (Fsp3) is 0.462. The molecule has 0 saturated heterocycles. The molecule has 1 amide bonds. The molecule has 0 fully saturated rings. The first-order chi connectivity index (χ1) is 7.65. The first kappa shape index (κ1) is 12.6. The van der Waals surface area contributed by atoms with Crippen LogP contribution in [0.3, 0.4) is 0 Å². The molecule has 0 atom stereocenters. The van der Waals surface area contributed by atoms with E-state index >= 15 is 0 Å². The van der Waals surface area contributed by atoms with Crippen LogP contribution >= 0.6 is 0 Å². The van der Waals surface area contributed by atoms with Crippen LogP contribution in [0.1, 0.15) is 42.1 Å². The van der Waals surface area contributed by atoms with Crippen molar-refractivity contribution in [2.24, 2.45) is 0 Å². The van der Waals surface area contributed by atoms with Crippen molar-refractivity contribution in [2.45, 2.75) is 33.1 Å². The minimum absolute atomic E-state index is 0.0491. The standard InChI is InChI=1S/C13H19NO2/c1-3-4-5-8-14-13(16)11-7-6-10(2)9-12(11)15/h6-7,9,15H,3-5,8H2,1-2H3,(H,14,16). The van der Waals surface area contributed by atoms with Crippen molar-refractivity contribution >= 4 is 5.91 Å². The third-order valence-corrected chi connectivity index (χ3v) is 2.46. The molecule has 1 aromatic carbocycles. The summed E-state index contributed by atoms with van der Waals surface area (Å²) in [7, 11) is 0. The number of amides is 1. The van der Waals surface area contributed by atoms with E-state index in [1.165, 1.54) is 0 Å². The van der Waals surface area contributed by atoms with E-state index in [-0.39, 0.29) is 11.7 Å². The van der Waals surface area contributed by atoms with Gasteiger partial charge in [-0.1, -0.05) is 25.8 Å². The van der Waals surface area contributed by atoms with E-state index < -0.39 is 0 Å². The molecule has 0 radical (unpaired) electrons. The van der Waals surface area contributed by atoms with Gasteiger partial charge in [0.15, 0.2) is 0 Å². The molecule has 0 aromatic heterocycles. The van der Waals surface area contributed by atoms with Crippen molar-refractivity contribution in [1.29, 1.82) is 0 Å². The molecule has 1 aromatic rings. The topological polar surface area (TPSA) is 49.3 Å². The van der Waals surface area contributed by atoms with Gasteiger partial charge in [0.05, 0.1) is 5.56 Å². The Kier molecular flexibility index (Phi) is 4.83. The monoisotopic (exact) mass is 221 g/mol. The second-order valence-corrected chi connectivity index (χ2v) is 3.98. The Labute approximate surface area is 96.5 Å². The Morgan fingerprint density at radius 1 is 1.38 bits per heavy atom. The number of carbonyl (C=O) groups excluding carboxylic acids is 1. The number of aryl methyl sites for hydroxylation is 1. The summed E-state index contributed by atoms with van der Waals surface area (Å²) in [4.78, 5) is 11.7. The predicted octanol–water partition coefficient (Wildman–Crippen LogP) is 2.62. The van der Waals surface area contributed by atoms with Gasteiger partial charge in [-0.25, -0.2) is 0 Å². The zero-order valence-corrected chi connectivity index (χ0v) is 9.92. The lowest BCUT2D eigenvalue weighted by Crippen LogP contribution is -2.24. The summed E-state index contributed by atoms with van der Waals surface area (Å²) in [5, 5.41) is 12.4. The van der Waals surface area contributed by atoms with Crippen LogP contribution in [0.4, 0.5) is 0 Å². The highest BCUT2D eigenvalue weighted by molar-refractivity contribution is 5.96. The number of aromatic hydroxyl groups is 1. The average Bonchev–Trinajstić information content (AvgIpc) is 2.24. The van der Waals surface area contributed by atoms with Crippen molar-refractivity contribution in [3.8, 4) is 5.75 Å². The molecule has 2 N–H and O–H groups in total. The number of hydrogen-bond donors (Lipinski definition) is 2. The third kappa shape index (κ3) is 3.57. The first-order valence-electron chi connectivity index (χ1n) is 5.73. The Hall–Kier alpha value is -1.51. The van der Waals surface area contributed by atoms with E-state index in [0.717, 1.165) is 24.8 Å². The van der Waals surface area contributed by atoms with Crippen molar-refractivity contribution in [1.82, 2.24) is 5.32 Å². The van der Waals surface area contributed by atoms with Crippen molar-refractivity contribution in [2.75, 3.05) is 6.54 Å². The SMILES string of the molecule is CCCCCNC(=O)c1ccc(C)cc1O. The second kappa shape index (κ2) is 6.16. The highest BCUT2D eigenvalue weighted by Gasteiger charge is 2.09. The highest BCUT2D eigenvalue weighted by Crippen LogP contribution is 2.17. The molecule has 1 rings (SSSR count). The smallest absolute Gasteiger partial charge is 0.255 e. The van der Waals surface area contributed by atoms with Gasteiger partial charge < -0.3 is 10.4 Å². The molecule has 0 aliphatic heterocycles. The molecule has 0 aliphatic rings. The predicted molar refractivity (Wildman–Crippen MR) is 64.7 cm³/mol. The normalized spacial score (nSPS) is 10.1. The summed E-state index contributed by atoms with van der Waals surface area (Å²) in [6.45, 7) is 4.66. The van der Waals surface area contributed by atoms with Gasteiger partial charge in [0, 0.05) is 6.54 Å².